The lowest BCUT2D eigenvalue weighted by Crippen LogP contribution is -2.06. The summed E-state index contributed by atoms with van der Waals surface area (Å²) in [6.07, 6.45) is 0. The van der Waals surface area contributed by atoms with Gasteiger partial charge in [0.1, 0.15) is 0 Å². The number of hydrogen-bond acceptors (Lipinski definition) is 1. The summed E-state index contributed by atoms with van der Waals surface area (Å²) in [4.78, 5) is 0. The van der Waals surface area contributed by atoms with E-state index in [0.29, 0.717) is 5.56 Å². The van der Waals surface area contributed by atoms with Gasteiger partial charge in [-0.3, -0.25) is 0 Å². The number of rotatable bonds is 1. The third kappa shape index (κ3) is 3.53. The van der Waals surface area contributed by atoms with E-state index in [1.807, 2.05) is 19.9 Å². The molecule has 76 valence electrons. The second kappa shape index (κ2) is 5.33. The maximum atomic E-state index is 12.6. The minimum Gasteiger partial charge on any atom is -0.202 e. The van der Waals surface area contributed by atoms with Crippen LogP contribution in [-0.2, 0) is 5.92 Å². The van der Waals surface area contributed by atoms with Gasteiger partial charge in [0.15, 0.2) is 0 Å². The van der Waals surface area contributed by atoms with Crippen LogP contribution < -0.4 is 0 Å². The highest BCUT2D eigenvalue weighted by Crippen LogP contribution is 2.26. The van der Waals surface area contributed by atoms with Gasteiger partial charge in [0.2, 0.25) is 0 Å². The van der Waals surface area contributed by atoms with E-state index in [2.05, 4.69) is 0 Å². The highest BCUT2D eigenvalue weighted by molar-refractivity contribution is 5.32. The molecule has 1 nitrogen and oxygen atoms in total. The Hall–Kier alpha value is -1.43. The molecule has 0 aromatic heterocycles. The molecule has 1 aromatic carbocycles. The zero-order chi connectivity index (χ0) is 11.2. The molecule has 0 spiro atoms. The summed E-state index contributed by atoms with van der Waals surface area (Å²) >= 11 is 0. The van der Waals surface area contributed by atoms with E-state index in [9.17, 15) is 8.78 Å². The highest BCUT2D eigenvalue weighted by Gasteiger charge is 2.23. The quantitative estimate of drug-likeness (QED) is 0.673. The molecule has 0 bridgehead atoms. The molecule has 14 heavy (non-hydrogen) atoms. The second-order valence-electron chi connectivity index (χ2n) is 2.58. The molecule has 0 atom stereocenters. The van der Waals surface area contributed by atoms with Crippen LogP contribution in [-0.4, -0.2) is 0 Å². The van der Waals surface area contributed by atoms with Crippen LogP contribution in [0, 0.1) is 11.3 Å². The predicted molar refractivity (Wildman–Crippen MR) is 52.1 cm³/mol. The zero-order valence-corrected chi connectivity index (χ0v) is 8.51. The van der Waals surface area contributed by atoms with Crippen molar-refractivity contribution in [3.05, 3.63) is 35.4 Å². The SMILES string of the molecule is CC.CC(F)(F)c1ccc(C#N)cc1. The van der Waals surface area contributed by atoms with Crippen molar-refractivity contribution in [1.29, 1.82) is 5.26 Å². The largest absolute Gasteiger partial charge is 0.270 e. The Kier molecular flexibility index (Phi) is 4.79. The van der Waals surface area contributed by atoms with Crippen LogP contribution in [0.15, 0.2) is 24.3 Å². The number of hydrogen-bond donors (Lipinski definition) is 0. The first-order valence-electron chi connectivity index (χ1n) is 4.42. The monoisotopic (exact) mass is 197 g/mol. The van der Waals surface area contributed by atoms with Gasteiger partial charge in [-0.15, -0.1) is 0 Å². The Morgan fingerprint density at radius 3 is 1.86 bits per heavy atom. The summed E-state index contributed by atoms with van der Waals surface area (Å²) in [5, 5.41) is 8.39. The number of benzene rings is 1. The van der Waals surface area contributed by atoms with Crippen molar-refractivity contribution in [2.75, 3.05) is 0 Å². The number of halogens is 2. The van der Waals surface area contributed by atoms with Crippen molar-refractivity contribution < 1.29 is 8.78 Å². The van der Waals surface area contributed by atoms with Gasteiger partial charge < -0.3 is 0 Å². The number of alkyl halides is 2. The second-order valence-corrected chi connectivity index (χ2v) is 2.58. The van der Waals surface area contributed by atoms with Gasteiger partial charge in [0, 0.05) is 12.5 Å². The molecule has 1 aromatic rings. The first kappa shape index (κ1) is 12.6. The van der Waals surface area contributed by atoms with Gasteiger partial charge in [-0.25, -0.2) is 8.78 Å². The average Bonchev–Trinajstić information content (AvgIpc) is 2.20. The highest BCUT2D eigenvalue weighted by atomic mass is 19.3. The fraction of sp³-hybridized carbons (Fsp3) is 0.364. The van der Waals surface area contributed by atoms with Gasteiger partial charge >= 0.3 is 0 Å². The third-order valence-corrected chi connectivity index (χ3v) is 1.52. The molecular weight excluding hydrogens is 184 g/mol. The van der Waals surface area contributed by atoms with Crippen LogP contribution >= 0.6 is 0 Å². The molecule has 0 amide bonds. The summed E-state index contributed by atoms with van der Waals surface area (Å²) in [6, 6.07) is 7.15. The summed E-state index contributed by atoms with van der Waals surface area (Å²) in [5.41, 5.74) is 0.324. The Bertz CT molecular complexity index is 304. The molecule has 0 N–H and O–H groups in total. The molecule has 0 saturated carbocycles. The van der Waals surface area contributed by atoms with Crippen LogP contribution in [0.2, 0.25) is 0 Å². The van der Waals surface area contributed by atoms with E-state index in [1.54, 1.807) is 0 Å². The molecular formula is C11H13F2N. The van der Waals surface area contributed by atoms with E-state index < -0.39 is 5.92 Å². The maximum absolute atomic E-state index is 12.6. The lowest BCUT2D eigenvalue weighted by molar-refractivity contribution is 0.0175. The summed E-state index contributed by atoms with van der Waals surface area (Å²) in [7, 11) is 0. The predicted octanol–water partition coefficient (Wildman–Crippen LogP) is 3.70. The van der Waals surface area contributed by atoms with Crippen molar-refractivity contribution in [3.63, 3.8) is 0 Å². The van der Waals surface area contributed by atoms with E-state index in [0.717, 1.165) is 6.92 Å². The van der Waals surface area contributed by atoms with Gasteiger partial charge in [0.05, 0.1) is 11.6 Å². The Morgan fingerprint density at radius 2 is 1.57 bits per heavy atom. The lowest BCUT2D eigenvalue weighted by atomic mass is 10.1. The van der Waals surface area contributed by atoms with Crippen molar-refractivity contribution in [2.24, 2.45) is 0 Å². The molecule has 0 aliphatic carbocycles. The van der Waals surface area contributed by atoms with Crippen molar-refractivity contribution in [2.45, 2.75) is 26.7 Å². The van der Waals surface area contributed by atoms with Gasteiger partial charge in [-0.1, -0.05) is 26.0 Å². The molecule has 0 aliphatic rings. The first-order chi connectivity index (χ1) is 6.54. The van der Waals surface area contributed by atoms with Crippen LogP contribution in [0.1, 0.15) is 31.9 Å². The van der Waals surface area contributed by atoms with E-state index >= 15 is 0 Å². The lowest BCUT2D eigenvalue weighted by Gasteiger charge is -2.09. The molecule has 0 heterocycles. The normalized spacial score (nSPS) is 9.71. The standard InChI is InChI=1S/C9H7F2N.C2H6/c1-9(10,11)8-4-2-7(6-12)3-5-8;1-2/h2-5H,1H3;1-2H3. The summed E-state index contributed by atoms with van der Waals surface area (Å²) < 4.78 is 25.2. The molecule has 0 aliphatic heterocycles. The van der Waals surface area contributed by atoms with Crippen LogP contribution in [0.4, 0.5) is 8.78 Å². The number of nitrogens with zero attached hydrogens (tertiary/aromatic N) is 1. The fourth-order valence-corrected chi connectivity index (χ4v) is 0.837. The minimum atomic E-state index is -2.83. The first-order valence-corrected chi connectivity index (χ1v) is 4.42. The summed E-state index contributed by atoms with van der Waals surface area (Å²) in [5.74, 6) is -2.83. The molecule has 3 heteroatoms. The van der Waals surface area contributed by atoms with Crippen molar-refractivity contribution >= 4 is 0 Å². The Morgan fingerprint density at radius 1 is 1.14 bits per heavy atom. The molecule has 0 radical (unpaired) electrons. The van der Waals surface area contributed by atoms with Gasteiger partial charge in [0.25, 0.3) is 5.92 Å². The zero-order valence-electron chi connectivity index (χ0n) is 8.51. The average molecular weight is 197 g/mol. The topological polar surface area (TPSA) is 23.8 Å². The molecule has 0 saturated heterocycles. The van der Waals surface area contributed by atoms with Crippen LogP contribution in [0.25, 0.3) is 0 Å². The number of nitriles is 1. The van der Waals surface area contributed by atoms with Crippen molar-refractivity contribution in [3.8, 4) is 6.07 Å². The van der Waals surface area contributed by atoms with Crippen LogP contribution in [0.5, 0.6) is 0 Å². The van der Waals surface area contributed by atoms with E-state index in [-0.39, 0.29) is 5.56 Å². The van der Waals surface area contributed by atoms with Gasteiger partial charge in [-0.05, 0) is 12.1 Å². The molecule has 1 rings (SSSR count). The van der Waals surface area contributed by atoms with E-state index in [4.69, 9.17) is 5.26 Å². The van der Waals surface area contributed by atoms with Gasteiger partial charge in [-0.2, -0.15) is 5.26 Å². The molecule has 0 fully saturated rings. The fourth-order valence-electron chi connectivity index (χ4n) is 0.837. The third-order valence-electron chi connectivity index (χ3n) is 1.52. The Balaban J connectivity index is 0.000000791. The Labute approximate surface area is 83.0 Å². The smallest absolute Gasteiger partial charge is 0.202 e. The minimum absolute atomic E-state index is 0.0681. The van der Waals surface area contributed by atoms with E-state index in [1.165, 1.54) is 24.3 Å². The summed E-state index contributed by atoms with van der Waals surface area (Å²) in [6.45, 7) is 4.83. The van der Waals surface area contributed by atoms with Crippen LogP contribution in [0.3, 0.4) is 0 Å². The van der Waals surface area contributed by atoms with Crippen molar-refractivity contribution in [1.82, 2.24) is 0 Å². The maximum Gasteiger partial charge on any atom is 0.270 e. The molecule has 0 unspecified atom stereocenters.